The van der Waals surface area contributed by atoms with Crippen molar-refractivity contribution in [1.82, 2.24) is 4.90 Å². The zero-order valence-electron chi connectivity index (χ0n) is 11.1. The third kappa shape index (κ3) is 3.96. The van der Waals surface area contributed by atoms with Gasteiger partial charge < -0.3 is 10.5 Å². The molecule has 1 unspecified atom stereocenters. The minimum Gasteiger partial charge on any atom is -0.383 e. The predicted molar refractivity (Wildman–Crippen MR) is 69.8 cm³/mol. The van der Waals surface area contributed by atoms with Crippen molar-refractivity contribution in [3.05, 3.63) is 35.4 Å². The average molecular weight is 270 g/mol. The van der Waals surface area contributed by atoms with Crippen LogP contribution >= 0.6 is 0 Å². The first-order valence-corrected chi connectivity index (χ1v) is 6.55. The number of rotatable bonds is 7. The molecule has 106 valence electrons. The summed E-state index contributed by atoms with van der Waals surface area (Å²) < 4.78 is 31.9. The number of methoxy groups -OCH3 is 1. The summed E-state index contributed by atoms with van der Waals surface area (Å²) in [6.07, 6.45) is 2.28. The summed E-state index contributed by atoms with van der Waals surface area (Å²) in [6.45, 7) is 1.91. The topological polar surface area (TPSA) is 38.5 Å². The summed E-state index contributed by atoms with van der Waals surface area (Å²) in [7, 11) is 1.65. The summed E-state index contributed by atoms with van der Waals surface area (Å²) >= 11 is 0. The van der Waals surface area contributed by atoms with Gasteiger partial charge in [0.15, 0.2) is 0 Å². The molecule has 1 saturated carbocycles. The summed E-state index contributed by atoms with van der Waals surface area (Å²) in [4.78, 5) is 2.19. The molecule has 0 radical (unpaired) electrons. The van der Waals surface area contributed by atoms with Crippen molar-refractivity contribution in [3.8, 4) is 0 Å². The van der Waals surface area contributed by atoms with Crippen LogP contribution < -0.4 is 5.73 Å². The average Bonchev–Trinajstić information content (AvgIpc) is 3.21. The quantitative estimate of drug-likeness (QED) is 0.824. The second-order valence-corrected chi connectivity index (χ2v) is 4.99. The number of hydrogen-bond donors (Lipinski definition) is 1. The maximum atomic E-state index is 13.6. The summed E-state index contributed by atoms with van der Waals surface area (Å²) in [6, 6.07) is 3.41. The SMILES string of the molecule is COCCN(CC(N)c1cc(F)ccc1F)C1CC1. The highest BCUT2D eigenvalue weighted by Gasteiger charge is 2.30. The minimum atomic E-state index is -0.520. The Bertz CT molecular complexity index is 424. The van der Waals surface area contributed by atoms with Gasteiger partial charge >= 0.3 is 0 Å². The number of ether oxygens (including phenoxy) is 1. The van der Waals surface area contributed by atoms with E-state index in [0.29, 0.717) is 19.2 Å². The lowest BCUT2D eigenvalue weighted by Crippen LogP contribution is -2.36. The van der Waals surface area contributed by atoms with Crippen LogP contribution in [0.1, 0.15) is 24.4 Å². The van der Waals surface area contributed by atoms with Crippen LogP contribution in [0.2, 0.25) is 0 Å². The molecular formula is C14H20F2N2O. The molecule has 0 amide bonds. The van der Waals surface area contributed by atoms with Gasteiger partial charge in [-0.05, 0) is 31.0 Å². The molecule has 0 spiro atoms. The number of benzene rings is 1. The normalized spacial score (nSPS) is 16.9. The summed E-state index contributed by atoms with van der Waals surface area (Å²) in [5.41, 5.74) is 6.25. The Labute approximate surface area is 112 Å². The molecule has 1 fully saturated rings. The lowest BCUT2D eigenvalue weighted by molar-refractivity contribution is 0.139. The predicted octanol–water partition coefficient (Wildman–Crippen LogP) is 2.08. The molecule has 3 nitrogen and oxygen atoms in total. The van der Waals surface area contributed by atoms with Gasteiger partial charge in [-0.2, -0.15) is 0 Å². The second-order valence-electron chi connectivity index (χ2n) is 4.99. The van der Waals surface area contributed by atoms with Crippen molar-refractivity contribution in [3.63, 3.8) is 0 Å². The zero-order chi connectivity index (χ0) is 13.8. The molecule has 1 atom stereocenters. The fourth-order valence-electron chi connectivity index (χ4n) is 2.22. The Balaban J connectivity index is 2.01. The molecule has 5 heteroatoms. The van der Waals surface area contributed by atoms with Crippen molar-refractivity contribution < 1.29 is 13.5 Å². The van der Waals surface area contributed by atoms with E-state index in [2.05, 4.69) is 4.90 Å². The molecular weight excluding hydrogens is 250 g/mol. The molecule has 1 aliphatic carbocycles. The summed E-state index contributed by atoms with van der Waals surface area (Å²) in [5.74, 6) is -0.905. The molecule has 0 aromatic heterocycles. The largest absolute Gasteiger partial charge is 0.383 e. The van der Waals surface area contributed by atoms with Crippen LogP contribution in [0.5, 0.6) is 0 Å². The molecule has 0 bridgehead atoms. The van der Waals surface area contributed by atoms with E-state index in [4.69, 9.17) is 10.5 Å². The van der Waals surface area contributed by atoms with E-state index in [-0.39, 0.29) is 5.56 Å². The smallest absolute Gasteiger partial charge is 0.128 e. The third-order valence-electron chi connectivity index (χ3n) is 3.43. The Hall–Kier alpha value is -1.04. The fraction of sp³-hybridized carbons (Fsp3) is 0.571. The molecule has 19 heavy (non-hydrogen) atoms. The minimum absolute atomic E-state index is 0.239. The second kappa shape index (κ2) is 6.41. The van der Waals surface area contributed by atoms with Gasteiger partial charge in [0.25, 0.3) is 0 Å². The molecule has 0 aliphatic heterocycles. The molecule has 1 aromatic carbocycles. The van der Waals surface area contributed by atoms with E-state index < -0.39 is 17.7 Å². The Kier molecular flexibility index (Phi) is 4.85. The maximum Gasteiger partial charge on any atom is 0.128 e. The Morgan fingerprint density at radius 2 is 2.16 bits per heavy atom. The van der Waals surface area contributed by atoms with Crippen LogP contribution in [0.4, 0.5) is 8.78 Å². The zero-order valence-corrected chi connectivity index (χ0v) is 11.1. The first-order chi connectivity index (χ1) is 9.11. The first-order valence-electron chi connectivity index (χ1n) is 6.55. The van der Waals surface area contributed by atoms with Gasteiger partial charge in [0.05, 0.1) is 6.61 Å². The van der Waals surface area contributed by atoms with Crippen LogP contribution in [0.3, 0.4) is 0 Å². The van der Waals surface area contributed by atoms with Gasteiger partial charge in [-0.25, -0.2) is 8.78 Å². The van der Waals surface area contributed by atoms with E-state index in [1.165, 1.54) is 6.07 Å². The van der Waals surface area contributed by atoms with Crippen LogP contribution in [0.15, 0.2) is 18.2 Å². The number of nitrogens with zero attached hydrogens (tertiary/aromatic N) is 1. The third-order valence-corrected chi connectivity index (χ3v) is 3.43. The number of hydrogen-bond acceptors (Lipinski definition) is 3. The van der Waals surface area contributed by atoms with E-state index in [0.717, 1.165) is 31.5 Å². The van der Waals surface area contributed by atoms with Gasteiger partial charge in [0, 0.05) is 37.8 Å². The Morgan fingerprint density at radius 1 is 1.42 bits per heavy atom. The lowest BCUT2D eigenvalue weighted by atomic mass is 10.1. The van der Waals surface area contributed by atoms with Gasteiger partial charge in [0.1, 0.15) is 11.6 Å². The van der Waals surface area contributed by atoms with Crippen molar-refractivity contribution in [1.29, 1.82) is 0 Å². The van der Waals surface area contributed by atoms with Crippen LogP contribution in [0, 0.1) is 11.6 Å². The lowest BCUT2D eigenvalue weighted by Gasteiger charge is -2.25. The van der Waals surface area contributed by atoms with E-state index in [1.807, 2.05) is 0 Å². The van der Waals surface area contributed by atoms with E-state index >= 15 is 0 Å². The molecule has 1 aromatic rings. The van der Waals surface area contributed by atoms with Gasteiger partial charge in [-0.3, -0.25) is 4.90 Å². The Morgan fingerprint density at radius 3 is 2.79 bits per heavy atom. The molecule has 2 N–H and O–H groups in total. The van der Waals surface area contributed by atoms with E-state index in [9.17, 15) is 8.78 Å². The number of halogens is 2. The van der Waals surface area contributed by atoms with Crippen molar-refractivity contribution >= 4 is 0 Å². The van der Waals surface area contributed by atoms with Crippen molar-refractivity contribution in [2.45, 2.75) is 24.9 Å². The molecule has 1 aliphatic rings. The highest BCUT2D eigenvalue weighted by atomic mass is 19.1. The van der Waals surface area contributed by atoms with E-state index in [1.54, 1.807) is 7.11 Å². The van der Waals surface area contributed by atoms with Crippen LogP contribution in [0.25, 0.3) is 0 Å². The van der Waals surface area contributed by atoms with Gasteiger partial charge in [-0.15, -0.1) is 0 Å². The molecule has 2 rings (SSSR count). The maximum absolute atomic E-state index is 13.6. The molecule has 0 heterocycles. The van der Waals surface area contributed by atoms with Crippen molar-refractivity contribution in [2.24, 2.45) is 5.73 Å². The van der Waals surface area contributed by atoms with Crippen LogP contribution in [-0.2, 0) is 4.74 Å². The number of nitrogens with two attached hydrogens (primary N) is 1. The van der Waals surface area contributed by atoms with Gasteiger partial charge in [0.2, 0.25) is 0 Å². The van der Waals surface area contributed by atoms with Gasteiger partial charge in [-0.1, -0.05) is 0 Å². The monoisotopic (exact) mass is 270 g/mol. The van der Waals surface area contributed by atoms with Crippen molar-refractivity contribution in [2.75, 3.05) is 26.8 Å². The first kappa shape index (κ1) is 14.4. The highest BCUT2D eigenvalue weighted by Crippen LogP contribution is 2.28. The fourth-order valence-corrected chi connectivity index (χ4v) is 2.22. The summed E-state index contributed by atoms with van der Waals surface area (Å²) in [5, 5.41) is 0. The standard InChI is InChI=1S/C14H20F2N2O/c1-19-7-6-18(11-3-4-11)9-14(17)12-8-10(15)2-5-13(12)16/h2,5,8,11,14H,3-4,6-7,9,17H2,1H3. The van der Waals surface area contributed by atoms with Crippen LogP contribution in [-0.4, -0.2) is 37.7 Å². The molecule has 0 saturated heterocycles. The highest BCUT2D eigenvalue weighted by molar-refractivity contribution is 5.22.